The van der Waals surface area contributed by atoms with Gasteiger partial charge in [-0.05, 0) is 35.1 Å². The highest BCUT2D eigenvalue weighted by molar-refractivity contribution is 6.14. The second kappa shape index (κ2) is 10.6. The van der Waals surface area contributed by atoms with Crippen LogP contribution in [0, 0.1) is 5.82 Å². The fourth-order valence-corrected chi connectivity index (χ4v) is 4.38. The summed E-state index contributed by atoms with van der Waals surface area (Å²) >= 11 is 0. The maximum absolute atomic E-state index is 14.0. The van der Waals surface area contributed by atoms with Crippen LogP contribution in [0.15, 0.2) is 72.0 Å². The van der Waals surface area contributed by atoms with Gasteiger partial charge in [-0.3, -0.25) is 9.59 Å². The van der Waals surface area contributed by atoms with Crippen LogP contribution in [0.25, 0.3) is 6.08 Å². The summed E-state index contributed by atoms with van der Waals surface area (Å²) in [7, 11) is 0. The summed E-state index contributed by atoms with van der Waals surface area (Å²) < 4.78 is 19.4. The second-order valence-electron chi connectivity index (χ2n) is 8.27. The van der Waals surface area contributed by atoms with Crippen LogP contribution in [-0.2, 0) is 14.3 Å². The van der Waals surface area contributed by atoms with E-state index in [1.807, 2.05) is 30.3 Å². The lowest BCUT2D eigenvalue weighted by molar-refractivity contribution is -0.908. The Kier molecular flexibility index (Phi) is 7.32. The monoisotopic (exact) mass is 450 g/mol. The lowest BCUT2D eigenvalue weighted by atomic mass is 9.95. The number of hydrogen-bond acceptors (Lipinski definition) is 4. The normalized spacial score (nSPS) is 19.6. The molecule has 2 aliphatic heterocycles. The van der Waals surface area contributed by atoms with Crippen molar-refractivity contribution in [1.29, 1.82) is 0 Å². The summed E-state index contributed by atoms with van der Waals surface area (Å²) in [6.45, 7) is 4.37. The smallest absolute Gasteiger partial charge is 0.239 e. The molecule has 0 spiro atoms. The van der Waals surface area contributed by atoms with E-state index in [1.165, 1.54) is 34.1 Å². The average molecular weight is 451 g/mol. The molecule has 1 unspecified atom stereocenters. The van der Waals surface area contributed by atoms with Crippen molar-refractivity contribution < 1.29 is 28.7 Å². The van der Waals surface area contributed by atoms with Gasteiger partial charge in [0.15, 0.2) is 5.78 Å². The van der Waals surface area contributed by atoms with Gasteiger partial charge in [-0.1, -0.05) is 48.5 Å². The first-order chi connectivity index (χ1) is 16.0. The van der Waals surface area contributed by atoms with Gasteiger partial charge in [0.05, 0.1) is 25.8 Å². The predicted octanol–water partition coefficient (Wildman–Crippen LogP) is 0.911. The maximum Gasteiger partial charge on any atom is 0.239 e. The van der Waals surface area contributed by atoms with Crippen LogP contribution < -0.4 is 10.0 Å². The summed E-state index contributed by atoms with van der Waals surface area (Å²) in [5.74, 6) is -2.54. The third kappa shape index (κ3) is 5.38. The minimum atomic E-state index is -0.895. The SMILES string of the molecule is O=C(C=Cc1ccccc1)C1=C([O-])C(=O)N(CCC[NH+]2CCOCC2)C1c1cccc(F)c1. The highest BCUT2D eigenvalue weighted by Crippen LogP contribution is 2.37. The molecule has 33 heavy (non-hydrogen) atoms. The Morgan fingerprint density at radius 1 is 1.15 bits per heavy atom. The molecule has 2 aliphatic rings. The number of nitrogens with zero attached hydrogens (tertiary/aromatic N) is 1. The third-order valence-electron chi connectivity index (χ3n) is 6.07. The van der Waals surface area contributed by atoms with E-state index in [2.05, 4.69) is 0 Å². The van der Waals surface area contributed by atoms with Crippen LogP contribution in [0.1, 0.15) is 23.6 Å². The molecule has 2 aromatic carbocycles. The van der Waals surface area contributed by atoms with Gasteiger partial charge in [0, 0.05) is 18.5 Å². The molecule has 0 saturated carbocycles. The van der Waals surface area contributed by atoms with E-state index in [0.717, 1.165) is 25.2 Å². The second-order valence-corrected chi connectivity index (χ2v) is 8.27. The van der Waals surface area contributed by atoms with Crippen molar-refractivity contribution in [2.24, 2.45) is 0 Å². The van der Waals surface area contributed by atoms with Crippen molar-refractivity contribution in [3.8, 4) is 0 Å². The Labute approximate surface area is 192 Å². The zero-order chi connectivity index (χ0) is 23.2. The van der Waals surface area contributed by atoms with Crippen LogP contribution in [-0.4, -0.2) is 56.0 Å². The first-order valence-corrected chi connectivity index (χ1v) is 11.2. The average Bonchev–Trinajstić information content (AvgIpc) is 3.09. The molecule has 6 nitrogen and oxygen atoms in total. The first-order valence-electron chi connectivity index (χ1n) is 11.2. The molecular formula is C26H27FN2O4. The van der Waals surface area contributed by atoms with Gasteiger partial charge in [-0.15, -0.1) is 0 Å². The molecule has 1 amide bonds. The zero-order valence-electron chi connectivity index (χ0n) is 18.3. The Balaban J connectivity index is 1.57. The first kappa shape index (κ1) is 22.9. The van der Waals surface area contributed by atoms with E-state index in [0.29, 0.717) is 31.7 Å². The largest absolute Gasteiger partial charge is 0.868 e. The quantitative estimate of drug-likeness (QED) is 0.607. The van der Waals surface area contributed by atoms with E-state index < -0.39 is 29.3 Å². The Bertz CT molecular complexity index is 1060. The molecule has 172 valence electrons. The van der Waals surface area contributed by atoms with Gasteiger partial charge in [0.1, 0.15) is 18.9 Å². The van der Waals surface area contributed by atoms with Crippen LogP contribution in [0.4, 0.5) is 4.39 Å². The van der Waals surface area contributed by atoms with E-state index in [-0.39, 0.29) is 5.57 Å². The van der Waals surface area contributed by atoms with E-state index in [1.54, 1.807) is 12.1 Å². The van der Waals surface area contributed by atoms with Crippen molar-refractivity contribution >= 4 is 17.8 Å². The zero-order valence-corrected chi connectivity index (χ0v) is 18.3. The maximum atomic E-state index is 14.0. The minimum absolute atomic E-state index is 0.128. The van der Waals surface area contributed by atoms with Crippen molar-refractivity contribution in [1.82, 2.24) is 4.90 Å². The number of rotatable bonds is 8. The number of quaternary nitrogens is 1. The fourth-order valence-electron chi connectivity index (χ4n) is 4.38. The molecule has 0 radical (unpaired) electrons. The van der Waals surface area contributed by atoms with Crippen molar-refractivity contribution in [3.05, 3.63) is 88.9 Å². The number of nitrogens with one attached hydrogen (secondary N) is 1. The molecule has 2 aromatic rings. The summed E-state index contributed by atoms with van der Waals surface area (Å²) in [5.41, 5.74) is 1.09. The summed E-state index contributed by atoms with van der Waals surface area (Å²) in [6, 6.07) is 14.1. The van der Waals surface area contributed by atoms with Crippen LogP contribution in [0.5, 0.6) is 0 Å². The molecule has 0 aromatic heterocycles. The number of amides is 1. The van der Waals surface area contributed by atoms with Gasteiger partial charge in [-0.2, -0.15) is 0 Å². The number of benzene rings is 2. The molecular weight excluding hydrogens is 423 g/mol. The van der Waals surface area contributed by atoms with Gasteiger partial charge in [-0.25, -0.2) is 4.39 Å². The molecule has 1 atom stereocenters. The standard InChI is InChI=1S/C26H27FN2O4/c27-21-9-4-8-20(18-21)24-23(22(30)11-10-19-6-2-1-3-7-19)25(31)26(32)29(24)13-5-12-28-14-16-33-17-15-28/h1-4,6-11,18,24,31H,5,12-17H2. The van der Waals surface area contributed by atoms with E-state index in [4.69, 9.17) is 4.74 Å². The molecule has 0 bridgehead atoms. The highest BCUT2D eigenvalue weighted by atomic mass is 19.1. The van der Waals surface area contributed by atoms with Crippen molar-refractivity contribution in [3.63, 3.8) is 0 Å². The van der Waals surface area contributed by atoms with Crippen LogP contribution in [0.3, 0.4) is 0 Å². The van der Waals surface area contributed by atoms with E-state index in [9.17, 15) is 19.1 Å². The predicted molar refractivity (Wildman–Crippen MR) is 119 cm³/mol. The lowest BCUT2D eigenvalue weighted by Crippen LogP contribution is -3.14. The Morgan fingerprint density at radius 3 is 2.64 bits per heavy atom. The lowest BCUT2D eigenvalue weighted by Gasteiger charge is -2.29. The van der Waals surface area contributed by atoms with E-state index >= 15 is 0 Å². The highest BCUT2D eigenvalue weighted by Gasteiger charge is 2.38. The number of morpholine rings is 1. The van der Waals surface area contributed by atoms with Gasteiger partial charge >= 0.3 is 0 Å². The van der Waals surface area contributed by atoms with Crippen LogP contribution >= 0.6 is 0 Å². The Morgan fingerprint density at radius 2 is 1.91 bits per heavy atom. The fraction of sp³-hybridized carbons (Fsp3) is 0.308. The molecule has 1 fully saturated rings. The number of carbonyl (C=O) groups excluding carboxylic acids is 2. The van der Waals surface area contributed by atoms with Gasteiger partial charge in [0.25, 0.3) is 0 Å². The summed E-state index contributed by atoms with van der Waals surface area (Å²) in [5, 5.41) is 12.9. The minimum Gasteiger partial charge on any atom is -0.868 e. The summed E-state index contributed by atoms with van der Waals surface area (Å²) in [4.78, 5) is 28.8. The number of allylic oxidation sites excluding steroid dienone is 1. The van der Waals surface area contributed by atoms with Gasteiger partial charge < -0.3 is 19.6 Å². The molecule has 2 heterocycles. The molecule has 1 N–H and O–H groups in total. The number of ether oxygens (including phenoxy) is 1. The molecule has 1 saturated heterocycles. The van der Waals surface area contributed by atoms with Gasteiger partial charge in [0.2, 0.25) is 5.91 Å². The topological polar surface area (TPSA) is 74.1 Å². The number of carbonyl (C=O) groups is 2. The van der Waals surface area contributed by atoms with Crippen LogP contribution in [0.2, 0.25) is 0 Å². The number of ketones is 1. The third-order valence-corrected chi connectivity index (χ3v) is 6.07. The van der Waals surface area contributed by atoms with Crippen molar-refractivity contribution in [2.45, 2.75) is 12.5 Å². The molecule has 7 heteroatoms. The number of hydrogen-bond donors (Lipinski definition) is 1. The summed E-state index contributed by atoms with van der Waals surface area (Å²) in [6.07, 6.45) is 3.59. The Hall–Kier alpha value is -3.29. The van der Waals surface area contributed by atoms with Crippen molar-refractivity contribution in [2.75, 3.05) is 39.4 Å². The molecule has 0 aliphatic carbocycles. The number of halogens is 1. The molecule has 4 rings (SSSR count).